The zero-order valence-electron chi connectivity index (χ0n) is 22.8. The number of carbonyl (C=O) groups is 2. The molecule has 0 heterocycles. The first-order valence-corrected chi connectivity index (χ1v) is 16.2. The van der Waals surface area contributed by atoms with Crippen LogP contribution >= 0.6 is 46.4 Å². The van der Waals surface area contributed by atoms with Crippen molar-refractivity contribution in [1.82, 2.24) is 10.2 Å². The average molecular weight is 659 g/mol. The van der Waals surface area contributed by atoms with Gasteiger partial charge in [0.15, 0.2) is 0 Å². The van der Waals surface area contributed by atoms with Crippen molar-refractivity contribution in [3.63, 3.8) is 0 Å². The monoisotopic (exact) mass is 657 g/mol. The predicted molar refractivity (Wildman–Crippen MR) is 167 cm³/mol. The molecule has 3 aromatic rings. The molecule has 3 rings (SSSR count). The molecule has 220 valence electrons. The number of benzene rings is 3. The molecule has 0 unspecified atom stereocenters. The van der Waals surface area contributed by atoms with E-state index in [-0.39, 0.29) is 45.7 Å². The van der Waals surface area contributed by atoms with Gasteiger partial charge < -0.3 is 10.2 Å². The Kier molecular flexibility index (Phi) is 11.8. The molecule has 0 aliphatic carbocycles. The molecule has 12 heteroatoms. The zero-order valence-corrected chi connectivity index (χ0v) is 26.6. The Morgan fingerprint density at radius 2 is 1.56 bits per heavy atom. The van der Waals surface area contributed by atoms with Crippen LogP contribution in [0.2, 0.25) is 20.1 Å². The first-order chi connectivity index (χ1) is 19.3. The third-order valence-electron chi connectivity index (χ3n) is 6.49. The lowest BCUT2D eigenvalue weighted by atomic mass is 10.0. The van der Waals surface area contributed by atoms with Crippen molar-refractivity contribution in [3.8, 4) is 0 Å². The van der Waals surface area contributed by atoms with E-state index in [1.807, 2.05) is 44.2 Å². The molecule has 2 atom stereocenters. The summed E-state index contributed by atoms with van der Waals surface area (Å²) in [5.41, 5.74) is 1.48. The maximum absolute atomic E-state index is 14.1. The summed E-state index contributed by atoms with van der Waals surface area (Å²) in [6, 6.07) is 17.6. The number of nitrogens with zero attached hydrogens (tertiary/aromatic N) is 2. The Morgan fingerprint density at radius 3 is 2.17 bits per heavy atom. The predicted octanol–water partition coefficient (Wildman–Crippen LogP) is 6.62. The minimum absolute atomic E-state index is 0.0150. The SMILES string of the molecule is CC[C@H](C)NC(=O)[C@@H](Cc1ccccc1)N(Cc1ccc(Cl)c(Cl)c1)C(=O)CN(c1cccc(Cl)c1Cl)S(C)(=O)=O. The highest BCUT2D eigenvalue weighted by Crippen LogP contribution is 2.34. The van der Waals surface area contributed by atoms with Gasteiger partial charge in [-0.25, -0.2) is 8.42 Å². The molecule has 3 aromatic carbocycles. The largest absolute Gasteiger partial charge is 0.352 e. The molecule has 0 fully saturated rings. The smallest absolute Gasteiger partial charge is 0.244 e. The zero-order chi connectivity index (χ0) is 30.3. The molecule has 0 bridgehead atoms. The molecule has 2 amide bonds. The summed E-state index contributed by atoms with van der Waals surface area (Å²) >= 11 is 24.9. The molecule has 0 aliphatic rings. The van der Waals surface area contributed by atoms with Crippen LogP contribution in [-0.2, 0) is 32.6 Å². The number of nitrogens with one attached hydrogen (secondary N) is 1. The minimum atomic E-state index is -4.00. The molecule has 0 spiro atoms. The van der Waals surface area contributed by atoms with Gasteiger partial charge in [0, 0.05) is 19.0 Å². The highest BCUT2D eigenvalue weighted by Gasteiger charge is 2.34. The van der Waals surface area contributed by atoms with Crippen LogP contribution in [0.15, 0.2) is 66.7 Å². The van der Waals surface area contributed by atoms with E-state index in [2.05, 4.69) is 5.32 Å². The normalized spacial score (nSPS) is 12.9. The number of rotatable bonds is 12. The lowest BCUT2D eigenvalue weighted by molar-refractivity contribution is -0.140. The van der Waals surface area contributed by atoms with Gasteiger partial charge in [-0.05, 0) is 48.7 Å². The lowest BCUT2D eigenvalue weighted by Gasteiger charge is -2.34. The molecular weight excluding hydrogens is 628 g/mol. The summed E-state index contributed by atoms with van der Waals surface area (Å²) in [6.07, 6.45) is 1.84. The van der Waals surface area contributed by atoms with Gasteiger partial charge in [0.25, 0.3) is 0 Å². The van der Waals surface area contributed by atoms with Gasteiger partial charge in [0.05, 0.1) is 32.0 Å². The lowest BCUT2D eigenvalue weighted by Crippen LogP contribution is -2.54. The molecule has 0 saturated heterocycles. The number of anilines is 1. The Balaban J connectivity index is 2.11. The maximum atomic E-state index is 14.1. The molecule has 0 aliphatic heterocycles. The summed E-state index contributed by atoms with van der Waals surface area (Å²) < 4.78 is 26.7. The van der Waals surface area contributed by atoms with Crippen LogP contribution in [0.4, 0.5) is 5.69 Å². The van der Waals surface area contributed by atoms with E-state index in [1.54, 1.807) is 18.2 Å². The van der Waals surface area contributed by atoms with Gasteiger partial charge in [-0.3, -0.25) is 13.9 Å². The van der Waals surface area contributed by atoms with Crippen molar-refractivity contribution in [2.75, 3.05) is 17.1 Å². The Hall–Kier alpha value is -2.49. The van der Waals surface area contributed by atoms with Crippen LogP contribution in [0.1, 0.15) is 31.4 Å². The molecule has 7 nitrogen and oxygen atoms in total. The second-order valence-corrected chi connectivity index (χ2v) is 13.1. The first-order valence-electron chi connectivity index (χ1n) is 12.8. The fourth-order valence-corrected chi connectivity index (χ4v) is 5.73. The average Bonchev–Trinajstić information content (AvgIpc) is 2.92. The number of amides is 2. The molecule has 41 heavy (non-hydrogen) atoms. The quantitative estimate of drug-likeness (QED) is 0.237. The fourth-order valence-electron chi connectivity index (χ4n) is 4.11. The Morgan fingerprint density at radius 1 is 0.878 bits per heavy atom. The van der Waals surface area contributed by atoms with Crippen LogP contribution in [0.25, 0.3) is 0 Å². The summed E-state index contributed by atoms with van der Waals surface area (Å²) in [5, 5.41) is 3.71. The van der Waals surface area contributed by atoms with Crippen LogP contribution in [0.5, 0.6) is 0 Å². The second-order valence-electron chi connectivity index (χ2n) is 9.64. The Labute approximate surface area is 261 Å². The summed E-state index contributed by atoms with van der Waals surface area (Å²) in [5.74, 6) is -0.999. The summed E-state index contributed by atoms with van der Waals surface area (Å²) in [6.45, 7) is 3.15. The third kappa shape index (κ3) is 9.00. The van der Waals surface area contributed by atoms with Crippen LogP contribution < -0.4 is 9.62 Å². The van der Waals surface area contributed by atoms with Crippen molar-refractivity contribution in [2.24, 2.45) is 0 Å². The number of halogens is 4. The summed E-state index contributed by atoms with van der Waals surface area (Å²) in [7, 11) is -4.00. The molecule has 0 radical (unpaired) electrons. The summed E-state index contributed by atoms with van der Waals surface area (Å²) in [4.78, 5) is 29.2. The maximum Gasteiger partial charge on any atom is 0.244 e. The van der Waals surface area contributed by atoms with Gasteiger partial charge in [-0.1, -0.05) is 95.8 Å². The van der Waals surface area contributed by atoms with Crippen molar-refractivity contribution in [3.05, 3.63) is 97.9 Å². The number of hydrogen-bond acceptors (Lipinski definition) is 4. The topological polar surface area (TPSA) is 86.8 Å². The van der Waals surface area contributed by atoms with Gasteiger partial charge in [-0.15, -0.1) is 0 Å². The number of carbonyl (C=O) groups excluding carboxylic acids is 2. The van der Waals surface area contributed by atoms with E-state index in [4.69, 9.17) is 46.4 Å². The third-order valence-corrected chi connectivity index (χ3v) is 9.16. The first kappa shape index (κ1) is 33.0. The van der Waals surface area contributed by atoms with Crippen molar-refractivity contribution >= 4 is 73.9 Å². The van der Waals surface area contributed by atoms with Gasteiger partial charge >= 0.3 is 0 Å². The van der Waals surface area contributed by atoms with E-state index in [9.17, 15) is 18.0 Å². The van der Waals surface area contributed by atoms with Gasteiger partial charge in [-0.2, -0.15) is 0 Å². The van der Waals surface area contributed by atoms with Crippen molar-refractivity contribution in [1.29, 1.82) is 0 Å². The van der Waals surface area contributed by atoms with E-state index >= 15 is 0 Å². The standard InChI is InChI=1S/C29H31Cl4N3O4S/c1-4-19(2)34-29(38)26(16-20-9-6-5-7-10-20)35(17-21-13-14-22(30)24(32)15-21)27(37)18-36(41(3,39)40)25-12-8-11-23(31)28(25)33/h5-15,19,26H,4,16-18H2,1-3H3,(H,34,38)/t19-,26+/m0/s1. The van der Waals surface area contributed by atoms with Gasteiger partial charge in [0.1, 0.15) is 12.6 Å². The van der Waals surface area contributed by atoms with Crippen molar-refractivity contribution < 1.29 is 18.0 Å². The highest BCUT2D eigenvalue weighted by atomic mass is 35.5. The van der Waals surface area contributed by atoms with E-state index < -0.39 is 28.5 Å². The Bertz CT molecular complexity index is 1490. The number of sulfonamides is 1. The molecule has 0 saturated carbocycles. The van der Waals surface area contributed by atoms with E-state index in [1.165, 1.54) is 23.1 Å². The minimum Gasteiger partial charge on any atom is -0.352 e. The second kappa shape index (κ2) is 14.6. The molecular formula is C29H31Cl4N3O4S. The van der Waals surface area contributed by atoms with E-state index in [0.29, 0.717) is 17.0 Å². The van der Waals surface area contributed by atoms with Crippen LogP contribution in [0, 0.1) is 0 Å². The molecule has 1 N–H and O–H groups in total. The van der Waals surface area contributed by atoms with E-state index in [0.717, 1.165) is 16.1 Å². The van der Waals surface area contributed by atoms with Gasteiger partial charge in [0.2, 0.25) is 21.8 Å². The van der Waals surface area contributed by atoms with Crippen LogP contribution in [0.3, 0.4) is 0 Å². The van der Waals surface area contributed by atoms with Crippen molar-refractivity contribution in [2.45, 2.75) is 45.3 Å². The highest BCUT2D eigenvalue weighted by molar-refractivity contribution is 7.92. The van der Waals surface area contributed by atoms with Crippen LogP contribution in [-0.4, -0.2) is 50.0 Å². The number of hydrogen-bond donors (Lipinski definition) is 1. The fraction of sp³-hybridized carbons (Fsp3) is 0.310. The molecule has 0 aromatic heterocycles.